The van der Waals surface area contributed by atoms with Crippen molar-refractivity contribution in [1.82, 2.24) is 0 Å². The van der Waals surface area contributed by atoms with Crippen LogP contribution in [0.15, 0.2) is 0 Å². The average molecular weight is 198 g/mol. The molecule has 0 saturated heterocycles. The molecule has 1 aliphatic carbocycles. The van der Waals surface area contributed by atoms with E-state index in [1.54, 1.807) is 6.92 Å². The van der Waals surface area contributed by atoms with Gasteiger partial charge in [0, 0.05) is 5.41 Å². The van der Waals surface area contributed by atoms with Gasteiger partial charge in [0.2, 0.25) is 0 Å². The van der Waals surface area contributed by atoms with Crippen molar-refractivity contribution >= 4 is 6.29 Å². The molecule has 2 heteroatoms. The summed E-state index contributed by atoms with van der Waals surface area (Å²) in [5, 5.41) is 10.00. The molecule has 1 N–H and O–H groups in total. The number of aldehydes is 1. The minimum absolute atomic E-state index is 0.208. The molecule has 1 atom stereocenters. The Morgan fingerprint density at radius 1 is 1.50 bits per heavy atom. The second-order valence-corrected chi connectivity index (χ2v) is 5.18. The van der Waals surface area contributed by atoms with Crippen molar-refractivity contribution in [2.24, 2.45) is 11.3 Å². The Labute approximate surface area is 86.7 Å². The SMILES string of the molecule is CCC1CCC(C)([C@](C)(O)C=O)CC1. The molecule has 0 aromatic rings. The number of carbonyl (C=O) groups is 1. The molecule has 1 aliphatic rings. The van der Waals surface area contributed by atoms with Crippen molar-refractivity contribution in [3.05, 3.63) is 0 Å². The predicted molar refractivity (Wildman–Crippen MR) is 57.0 cm³/mol. The van der Waals surface area contributed by atoms with Crippen LogP contribution in [0.5, 0.6) is 0 Å². The van der Waals surface area contributed by atoms with Crippen molar-refractivity contribution in [2.75, 3.05) is 0 Å². The van der Waals surface area contributed by atoms with E-state index >= 15 is 0 Å². The molecule has 1 fully saturated rings. The van der Waals surface area contributed by atoms with E-state index in [1.807, 2.05) is 6.92 Å². The highest BCUT2D eigenvalue weighted by molar-refractivity contribution is 5.63. The van der Waals surface area contributed by atoms with Gasteiger partial charge in [-0.15, -0.1) is 0 Å². The van der Waals surface area contributed by atoms with E-state index in [9.17, 15) is 9.90 Å². The lowest BCUT2D eigenvalue weighted by molar-refractivity contribution is -0.140. The molecule has 0 heterocycles. The fourth-order valence-corrected chi connectivity index (χ4v) is 2.37. The molecule has 0 amide bonds. The first-order valence-electron chi connectivity index (χ1n) is 5.64. The summed E-state index contributed by atoms with van der Waals surface area (Å²) in [5.41, 5.74) is -1.36. The number of hydrogen-bond donors (Lipinski definition) is 1. The molecule has 0 radical (unpaired) electrons. The maximum atomic E-state index is 10.8. The highest BCUT2D eigenvalue weighted by atomic mass is 16.3. The fraction of sp³-hybridized carbons (Fsp3) is 0.917. The van der Waals surface area contributed by atoms with Crippen LogP contribution < -0.4 is 0 Å². The number of rotatable bonds is 3. The Kier molecular flexibility index (Phi) is 3.36. The van der Waals surface area contributed by atoms with Crippen molar-refractivity contribution in [3.63, 3.8) is 0 Å². The molecule has 1 saturated carbocycles. The third-order valence-electron chi connectivity index (χ3n) is 4.24. The summed E-state index contributed by atoms with van der Waals surface area (Å²) in [6.45, 7) is 5.89. The molecule has 0 aromatic heterocycles. The molecule has 82 valence electrons. The minimum Gasteiger partial charge on any atom is -0.382 e. The summed E-state index contributed by atoms with van der Waals surface area (Å²) in [6, 6.07) is 0. The zero-order valence-electron chi connectivity index (χ0n) is 9.55. The summed E-state index contributed by atoms with van der Waals surface area (Å²) in [6.07, 6.45) is 6.17. The molecule has 0 aliphatic heterocycles. The Morgan fingerprint density at radius 3 is 2.36 bits per heavy atom. The number of carbonyl (C=O) groups excluding carboxylic acids is 1. The van der Waals surface area contributed by atoms with Crippen LogP contribution in [0.1, 0.15) is 52.9 Å². The van der Waals surface area contributed by atoms with Gasteiger partial charge < -0.3 is 9.90 Å². The van der Waals surface area contributed by atoms with Crippen molar-refractivity contribution in [2.45, 2.75) is 58.5 Å². The third-order valence-corrected chi connectivity index (χ3v) is 4.24. The molecule has 14 heavy (non-hydrogen) atoms. The average Bonchev–Trinajstić information content (AvgIpc) is 2.19. The summed E-state index contributed by atoms with van der Waals surface area (Å²) < 4.78 is 0. The maximum Gasteiger partial charge on any atom is 0.151 e. The highest BCUT2D eigenvalue weighted by Gasteiger charge is 2.44. The number of hydrogen-bond acceptors (Lipinski definition) is 2. The molecule has 0 bridgehead atoms. The van der Waals surface area contributed by atoms with Crippen LogP contribution in [0.4, 0.5) is 0 Å². The fourth-order valence-electron chi connectivity index (χ4n) is 2.37. The molecule has 0 unspecified atom stereocenters. The standard InChI is InChI=1S/C12H22O2/c1-4-10-5-7-11(2,8-6-10)12(3,14)9-13/h9-10,14H,4-8H2,1-3H3/t10?,11?,12-/m1/s1. The van der Waals surface area contributed by atoms with Crippen LogP contribution >= 0.6 is 0 Å². The lowest BCUT2D eigenvalue weighted by Crippen LogP contribution is -2.47. The lowest BCUT2D eigenvalue weighted by atomic mass is 9.63. The van der Waals surface area contributed by atoms with Gasteiger partial charge in [-0.2, -0.15) is 0 Å². The van der Waals surface area contributed by atoms with Crippen LogP contribution in [0, 0.1) is 11.3 Å². The first kappa shape index (κ1) is 11.7. The molecular formula is C12H22O2. The van der Waals surface area contributed by atoms with Crippen LogP contribution in [0.25, 0.3) is 0 Å². The zero-order chi connectivity index (χ0) is 10.8. The van der Waals surface area contributed by atoms with E-state index in [1.165, 1.54) is 6.42 Å². The van der Waals surface area contributed by atoms with Gasteiger partial charge in [0.1, 0.15) is 5.60 Å². The Morgan fingerprint density at radius 2 is 2.00 bits per heavy atom. The highest BCUT2D eigenvalue weighted by Crippen LogP contribution is 2.45. The third kappa shape index (κ3) is 2.00. The van der Waals surface area contributed by atoms with E-state index in [2.05, 4.69) is 6.92 Å². The van der Waals surface area contributed by atoms with Crippen molar-refractivity contribution in [3.8, 4) is 0 Å². The smallest absolute Gasteiger partial charge is 0.151 e. The van der Waals surface area contributed by atoms with Gasteiger partial charge in [0.25, 0.3) is 0 Å². The van der Waals surface area contributed by atoms with Crippen molar-refractivity contribution in [1.29, 1.82) is 0 Å². The van der Waals surface area contributed by atoms with Gasteiger partial charge in [-0.05, 0) is 38.5 Å². The van der Waals surface area contributed by atoms with Gasteiger partial charge in [0.05, 0.1) is 0 Å². The predicted octanol–water partition coefficient (Wildman–Crippen LogP) is 2.54. The monoisotopic (exact) mass is 198 g/mol. The Balaban J connectivity index is 2.66. The van der Waals surface area contributed by atoms with Crippen LogP contribution in [-0.2, 0) is 4.79 Å². The second kappa shape index (κ2) is 4.01. The summed E-state index contributed by atoms with van der Waals surface area (Å²) in [4.78, 5) is 10.8. The lowest BCUT2D eigenvalue weighted by Gasteiger charge is -2.44. The van der Waals surface area contributed by atoms with E-state index < -0.39 is 5.60 Å². The molecule has 0 aromatic carbocycles. The second-order valence-electron chi connectivity index (χ2n) is 5.18. The van der Waals surface area contributed by atoms with E-state index in [-0.39, 0.29) is 5.41 Å². The van der Waals surface area contributed by atoms with E-state index in [4.69, 9.17) is 0 Å². The first-order chi connectivity index (χ1) is 6.45. The molecule has 2 nitrogen and oxygen atoms in total. The van der Waals surface area contributed by atoms with E-state index in [0.29, 0.717) is 6.29 Å². The zero-order valence-corrected chi connectivity index (χ0v) is 9.55. The summed E-state index contributed by atoms with van der Waals surface area (Å²) >= 11 is 0. The van der Waals surface area contributed by atoms with Gasteiger partial charge in [-0.3, -0.25) is 0 Å². The molecule has 0 spiro atoms. The van der Waals surface area contributed by atoms with Crippen LogP contribution in [0.2, 0.25) is 0 Å². The van der Waals surface area contributed by atoms with Gasteiger partial charge in [-0.1, -0.05) is 20.3 Å². The van der Waals surface area contributed by atoms with Gasteiger partial charge >= 0.3 is 0 Å². The Bertz CT molecular complexity index is 200. The Hall–Kier alpha value is -0.370. The quantitative estimate of drug-likeness (QED) is 0.708. The maximum absolute atomic E-state index is 10.8. The first-order valence-corrected chi connectivity index (χ1v) is 5.64. The number of aliphatic hydroxyl groups is 1. The summed E-state index contributed by atoms with van der Waals surface area (Å²) in [5.74, 6) is 0.797. The van der Waals surface area contributed by atoms with Crippen LogP contribution in [-0.4, -0.2) is 17.0 Å². The molecular weight excluding hydrogens is 176 g/mol. The van der Waals surface area contributed by atoms with Gasteiger partial charge in [-0.25, -0.2) is 0 Å². The largest absolute Gasteiger partial charge is 0.382 e. The van der Waals surface area contributed by atoms with E-state index in [0.717, 1.165) is 31.6 Å². The topological polar surface area (TPSA) is 37.3 Å². The van der Waals surface area contributed by atoms with Crippen molar-refractivity contribution < 1.29 is 9.90 Å². The van der Waals surface area contributed by atoms with Crippen LogP contribution in [0.3, 0.4) is 0 Å². The normalized spacial score (nSPS) is 37.6. The van der Waals surface area contributed by atoms with Gasteiger partial charge in [0.15, 0.2) is 6.29 Å². The molecule has 1 rings (SSSR count). The summed E-state index contributed by atoms with van der Waals surface area (Å²) in [7, 11) is 0. The minimum atomic E-state index is -1.15.